The van der Waals surface area contributed by atoms with Gasteiger partial charge in [-0.3, -0.25) is 0 Å². The van der Waals surface area contributed by atoms with Crippen molar-refractivity contribution in [3.63, 3.8) is 0 Å². The summed E-state index contributed by atoms with van der Waals surface area (Å²) in [6, 6.07) is 3.99. The van der Waals surface area contributed by atoms with Gasteiger partial charge in [-0.2, -0.15) is 0 Å². The second kappa shape index (κ2) is 2.62. The molecule has 2 fully saturated rings. The fourth-order valence-corrected chi connectivity index (χ4v) is 2.32. The monoisotopic (exact) mass is 189 g/mol. The Kier molecular flexibility index (Phi) is 1.52. The molecule has 3 rings (SSSR count). The summed E-state index contributed by atoms with van der Waals surface area (Å²) in [5, 5.41) is 0. The summed E-state index contributed by atoms with van der Waals surface area (Å²) in [6.07, 6.45) is 1.43. The first-order valence-corrected chi connectivity index (χ1v) is 5.22. The van der Waals surface area contributed by atoms with Gasteiger partial charge in [0.2, 0.25) is 0 Å². The zero-order valence-electron chi connectivity index (χ0n) is 8.40. The molecule has 0 radical (unpaired) electrons. The topological polar surface area (TPSA) is 42.2 Å². The molecule has 0 aromatic carbocycles. The van der Waals surface area contributed by atoms with Crippen LogP contribution < -0.4 is 10.6 Å². The van der Waals surface area contributed by atoms with Gasteiger partial charge in [0.05, 0.1) is 11.4 Å². The summed E-state index contributed by atoms with van der Waals surface area (Å²) >= 11 is 0. The first-order valence-electron chi connectivity index (χ1n) is 5.22. The molecule has 2 aliphatic rings. The molecule has 1 saturated heterocycles. The van der Waals surface area contributed by atoms with Crippen LogP contribution in [0.2, 0.25) is 0 Å². The summed E-state index contributed by atoms with van der Waals surface area (Å²) < 4.78 is 0. The zero-order valence-corrected chi connectivity index (χ0v) is 8.40. The number of nitrogens with two attached hydrogens (primary N) is 1. The predicted molar refractivity (Wildman–Crippen MR) is 57.2 cm³/mol. The number of hydrogen-bond donors (Lipinski definition) is 1. The number of nitrogens with zero attached hydrogens (tertiary/aromatic N) is 2. The van der Waals surface area contributed by atoms with Crippen molar-refractivity contribution in [2.45, 2.75) is 13.3 Å². The molecule has 1 aromatic heterocycles. The molecule has 1 aliphatic heterocycles. The van der Waals surface area contributed by atoms with Crippen LogP contribution in [0.25, 0.3) is 0 Å². The smallest absolute Gasteiger partial charge is 0.128 e. The summed E-state index contributed by atoms with van der Waals surface area (Å²) in [4.78, 5) is 6.89. The Morgan fingerprint density at radius 1 is 1.36 bits per heavy atom. The van der Waals surface area contributed by atoms with E-state index in [1.807, 2.05) is 19.1 Å². The van der Waals surface area contributed by atoms with E-state index in [4.69, 9.17) is 5.73 Å². The van der Waals surface area contributed by atoms with Crippen molar-refractivity contribution in [3.05, 3.63) is 17.8 Å². The Morgan fingerprint density at radius 2 is 2.07 bits per heavy atom. The van der Waals surface area contributed by atoms with Gasteiger partial charge in [0, 0.05) is 13.1 Å². The zero-order chi connectivity index (χ0) is 9.71. The van der Waals surface area contributed by atoms with Crippen LogP contribution in [0.1, 0.15) is 12.1 Å². The standard InChI is InChI=1S/C11H15N3/c1-7-10(12)2-3-11(13-7)14-5-8-4-9(8)6-14/h2-3,8-9H,4-6,12H2,1H3. The number of hydrogen-bond acceptors (Lipinski definition) is 3. The van der Waals surface area contributed by atoms with Gasteiger partial charge in [0.25, 0.3) is 0 Å². The van der Waals surface area contributed by atoms with Crippen molar-refractivity contribution in [1.82, 2.24) is 4.98 Å². The van der Waals surface area contributed by atoms with Crippen LogP contribution in [-0.2, 0) is 0 Å². The van der Waals surface area contributed by atoms with Gasteiger partial charge >= 0.3 is 0 Å². The summed E-state index contributed by atoms with van der Waals surface area (Å²) in [5.74, 6) is 3.01. The lowest BCUT2D eigenvalue weighted by Crippen LogP contribution is -2.23. The second-order valence-electron chi connectivity index (χ2n) is 4.50. The number of rotatable bonds is 1. The maximum Gasteiger partial charge on any atom is 0.128 e. The van der Waals surface area contributed by atoms with E-state index < -0.39 is 0 Å². The van der Waals surface area contributed by atoms with E-state index in [1.54, 1.807) is 0 Å². The maximum atomic E-state index is 5.74. The predicted octanol–water partition coefficient (Wildman–Crippen LogP) is 1.43. The highest BCUT2D eigenvalue weighted by molar-refractivity contribution is 5.51. The van der Waals surface area contributed by atoms with Crippen molar-refractivity contribution in [1.29, 1.82) is 0 Å². The van der Waals surface area contributed by atoms with Crippen molar-refractivity contribution in [2.24, 2.45) is 11.8 Å². The largest absolute Gasteiger partial charge is 0.397 e. The Bertz CT molecular complexity index is 365. The molecule has 74 valence electrons. The molecule has 0 amide bonds. The van der Waals surface area contributed by atoms with Crippen LogP contribution in [0.5, 0.6) is 0 Å². The molecular formula is C11H15N3. The first kappa shape index (κ1) is 8.09. The van der Waals surface area contributed by atoms with E-state index in [0.29, 0.717) is 0 Å². The molecule has 2 unspecified atom stereocenters. The average molecular weight is 189 g/mol. The first-order chi connectivity index (χ1) is 6.74. The summed E-state index contributed by atoms with van der Waals surface area (Å²) in [7, 11) is 0. The third-order valence-corrected chi connectivity index (χ3v) is 3.41. The maximum absolute atomic E-state index is 5.74. The van der Waals surface area contributed by atoms with Gasteiger partial charge in [-0.05, 0) is 37.3 Å². The van der Waals surface area contributed by atoms with Crippen LogP contribution >= 0.6 is 0 Å². The molecule has 0 bridgehead atoms. The number of aryl methyl sites for hydroxylation is 1. The number of anilines is 2. The molecule has 3 heteroatoms. The van der Waals surface area contributed by atoms with Gasteiger partial charge in [-0.25, -0.2) is 4.98 Å². The Labute approximate surface area is 83.9 Å². The third-order valence-electron chi connectivity index (χ3n) is 3.41. The number of pyridine rings is 1. The minimum absolute atomic E-state index is 0.790. The van der Waals surface area contributed by atoms with E-state index in [9.17, 15) is 0 Å². The summed E-state index contributed by atoms with van der Waals surface area (Å²) in [6.45, 7) is 4.36. The molecule has 14 heavy (non-hydrogen) atoms. The molecule has 1 saturated carbocycles. The number of aromatic nitrogens is 1. The minimum atomic E-state index is 0.790. The van der Waals surface area contributed by atoms with E-state index in [0.717, 1.165) is 29.0 Å². The molecule has 0 spiro atoms. The van der Waals surface area contributed by atoms with Crippen molar-refractivity contribution in [2.75, 3.05) is 23.7 Å². The second-order valence-corrected chi connectivity index (χ2v) is 4.50. The van der Waals surface area contributed by atoms with Crippen LogP contribution in [0.15, 0.2) is 12.1 Å². The SMILES string of the molecule is Cc1nc(N2CC3CC3C2)ccc1N. The molecule has 2 N–H and O–H groups in total. The highest BCUT2D eigenvalue weighted by Gasteiger charge is 2.45. The highest BCUT2D eigenvalue weighted by Crippen LogP contribution is 2.45. The molecule has 2 heterocycles. The van der Waals surface area contributed by atoms with Gasteiger partial charge in [0.1, 0.15) is 5.82 Å². The third kappa shape index (κ3) is 1.15. The van der Waals surface area contributed by atoms with Crippen LogP contribution in [0.4, 0.5) is 11.5 Å². The Morgan fingerprint density at radius 3 is 2.71 bits per heavy atom. The van der Waals surface area contributed by atoms with E-state index in [-0.39, 0.29) is 0 Å². The molecule has 1 aromatic rings. The molecule has 1 aliphatic carbocycles. The van der Waals surface area contributed by atoms with Crippen LogP contribution in [0.3, 0.4) is 0 Å². The van der Waals surface area contributed by atoms with Crippen molar-refractivity contribution < 1.29 is 0 Å². The van der Waals surface area contributed by atoms with E-state index in [1.165, 1.54) is 19.5 Å². The average Bonchev–Trinajstić information content (AvgIpc) is 2.78. The lowest BCUT2D eigenvalue weighted by Gasteiger charge is -2.19. The van der Waals surface area contributed by atoms with Crippen molar-refractivity contribution in [3.8, 4) is 0 Å². The highest BCUT2D eigenvalue weighted by atomic mass is 15.2. The Balaban J connectivity index is 1.86. The lowest BCUT2D eigenvalue weighted by molar-refractivity contribution is 0.803. The van der Waals surface area contributed by atoms with Gasteiger partial charge in [-0.15, -0.1) is 0 Å². The molecule has 3 nitrogen and oxygen atoms in total. The van der Waals surface area contributed by atoms with Crippen molar-refractivity contribution >= 4 is 11.5 Å². The molecular weight excluding hydrogens is 174 g/mol. The number of fused-ring (bicyclic) bond motifs is 1. The fourth-order valence-electron chi connectivity index (χ4n) is 2.32. The minimum Gasteiger partial charge on any atom is -0.397 e. The van der Waals surface area contributed by atoms with E-state index >= 15 is 0 Å². The van der Waals surface area contributed by atoms with Gasteiger partial charge < -0.3 is 10.6 Å². The summed E-state index contributed by atoms with van der Waals surface area (Å²) in [5.41, 5.74) is 7.48. The Hall–Kier alpha value is -1.25. The number of piperidine rings is 1. The van der Waals surface area contributed by atoms with Gasteiger partial charge in [-0.1, -0.05) is 0 Å². The fraction of sp³-hybridized carbons (Fsp3) is 0.545. The van der Waals surface area contributed by atoms with E-state index in [2.05, 4.69) is 9.88 Å². The lowest BCUT2D eigenvalue weighted by atomic mass is 10.3. The van der Waals surface area contributed by atoms with Crippen LogP contribution in [-0.4, -0.2) is 18.1 Å². The van der Waals surface area contributed by atoms with Gasteiger partial charge in [0.15, 0.2) is 0 Å². The quantitative estimate of drug-likeness (QED) is 0.726. The number of nitrogen functional groups attached to an aromatic ring is 1. The molecule has 2 atom stereocenters. The normalized spacial score (nSPS) is 29.1. The van der Waals surface area contributed by atoms with Crippen LogP contribution in [0, 0.1) is 18.8 Å².